The van der Waals surface area contributed by atoms with E-state index in [1.54, 1.807) is 34.5 Å². The van der Waals surface area contributed by atoms with Crippen LogP contribution in [0.3, 0.4) is 0 Å². The molecule has 6 rings (SSSR count). The molecule has 0 N–H and O–H groups in total. The van der Waals surface area contributed by atoms with Crippen molar-refractivity contribution < 1.29 is 27.1 Å². The molecule has 1 saturated heterocycles. The van der Waals surface area contributed by atoms with E-state index < -0.39 is 11.7 Å². The van der Waals surface area contributed by atoms with Crippen LogP contribution >= 0.6 is 11.3 Å². The van der Waals surface area contributed by atoms with Crippen LogP contribution in [0.1, 0.15) is 37.7 Å². The van der Waals surface area contributed by atoms with Crippen LogP contribution in [0.5, 0.6) is 5.75 Å². The van der Waals surface area contributed by atoms with Crippen LogP contribution in [-0.2, 0) is 32.4 Å². The fourth-order valence-electron chi connectivity index (χ4n) is 5.66. The standard InChI is InChI=1S/C37H34F4N4O2S/c38-32-11-4-5-12-34(32)44-17-19-45(20-18-44)36(46)33-26-48-35(42-33)24-43(23-29-9-6-10-30(21-29)37(39,40)41)22-27-13-15-31(16-14-27)47-25-28-7-2-1-3-8-28/h1-16,21,26H,17-20,22-25H2. The fourth-order valence-corrected chi connectivity index (χ4v) is 6.47. The first-order valence-electron chi connectivity index (χ1n) is 15.6. The molecule has 2 heterocycles. The van der Waals surface area contributed by atoms with Crippen molar-refractivity contribution in [3.63, 3.8) is 0 Å². The van der Waals surface area contributed by atoms with E-state index in [0.29, 0.717) is 73.6 Å². The third-order valence-corrected chi connectivity index (χ3v) is 8.96. The van der Waals surface area contributed by atoms with Gasteiger partial charge in [-0.15, -0.1) is 11.3 Å². The van der Waals surface area contributed by atoms with Crippen LogP contribution in [0, 0.1) is 5.82 Å². The molecular formula is C37H34F4N4O2S. The monoisotopic (exact) mass is 674 g/mol. The number of ether oxygens (including phenoxy) is 1. The first kappa shape index (κ1) is 33.2. The molecule has 5 aromatic rings. The van der Waals surface area contributed by atoms with Crippen molar-refractivity contribution in [1.82, 2.24) is 14.8 Å². The molecule has 11 heteroatoms. The maximum atomic E-state index is 14.3. The van der Waals surface area contributed by atoms with E-state index in [-0.39, 0.29) is 18.3 Å². The first-order chi connectivity index (χ1) is 23.2. The van der Waals surface area contributed by atoms with Crippen LogP contribution < -0.4 is 9.64 Å². The van der Waals surface area contributed by atoms with Crippen LogP contribution in [-0.4, -0.2) is 46.9 Å². The van der Waals surface area contributed by atoms with Gasteiger partial charge in [0.05, 0.1) is 17.8 Å². The van der Waals surface area contributed by atoms with E-state index in [2.05, 4.69) is 4.98 Å². The van der Waals surface area contributed by atoms with E-state index in [1.807, 2.05) is 64.4 Å². The first-order valence-corrected chi connectivity index (χ1v) is 16.5. The van der Waals surface area contributed by atoms with Gasteiger partial charge in [-0.2, -0.15) is 13.2 Å². The number of alkyl halides is 3. The van der Waals surface area contributed by atoms with E-state index in [4.69, 9.17) is 4.74 Å². The maximum Gasteiger partial charge on any atom is 0.416 e. The number of carbonyl (C=O) groups is 1. The van der Waals surface area contributed by atoms with Gasteiger partial charge in [0.2, 0.25) is 0 Å². The van der Waals surface area contributed by atoms with E-state index in [9.17, 15) is 22.4 Å². The lowest BCUT2D eigenvalue weighted by molar-refractivity contribution is -0.137. The zero-order chi connectivity index (χ0) is 33.5. The number of amides is 1. The zero-order valence-electron chi connectivity index (χ0n) is 26.1. The highest BCUT2D eigenvalue weighted by Gasteiger charge is 2.30. The number of piperazine rings is 1. The second-order valence-electron chi connectivity index (χ2n) is 11.6. The summed E-state index contributed by atoms with van der Waals surface area (Å²) < 4.78 is 60.6. The maximum absolute atomic E-state index is 14.3. The number of carbonyl (C=O) groups excluding carboxylic acids is 1. The Balaban J connectivity index is 1.12. The average molecular weight is 675 g/mol. The van der Waals surface area contributed by atoms with Crippen LogP contribution in [0.15, 0.2) is 109 Å². The van der Waals surface area contributed by atoms with Gasteiger partial charge in [-0.3, -0.25) is 9.69 Å². The van der Waals surface area contributed by atoms with Crippen molar-refractivity contribution in [3.8, 4) is 5.75 Å². The lowest BCUT2D eigenvalue weighted by atomic mass is 10.1. The molecule has 1 aromatic heterocycles. The lowest BCUT2D eigenvalue weighted by Gasteiger charge is -2.35. The van der Waals surface area contributed by atoms with E-state index in [1.165, 1.54) is 29.5 Å². The topological polar surface area (TPSA) is 48.9 Å². The Morgan fingerprint density at radius 2 is 1.48 bits per heavy atom. The van der Waals surface area contributed by atoms with Gasteiger partial charge in [0.1, 0.15) is 28.9 Å². The Hall–Kier alpha value is -4.74. The van der Waals surface area contributed by atoms with E-state index >= 15 is 0 Å². The lowest BCUT2D eigenvalue weighted by Crippen LogP contribution is -2.49. The van der Waals surface area contributed by atoms with Gasteiger partial charge in [-0.05, 0) is 47.0 Å². The molecular weight excluding hydrogens is 640 g/mol. The molecule has 0 radical (unpaired) electrons. The molecule has 48 heavy (non-hydrogen) atoms. The molecule has 0 unspecified atom stereocenters. The van der Waals surface area contributed by atoms with Gasteiger partial charge in [0, 0.05) is 44.6 Å². The number of rotatable bonds is 11. The number of hydrogen-bond acceptors (Lipinski definition) is 6. The van der Waals surface area contributed by atoms with Crippen molar-refractivity contribution in [3.05, 3.63) is 147 Å². The number of nitrogens with zero attached hydrogens (tertiary/aromatic N) is 4. The summed E-state index contributed by atoms with van der Waals surface area (Å²) in [7, 11) is 0. The van der Waals surface area contributed by atoms with Crippen molar-refractivity contribution >= 4 is 22.9 Å². The SMILES string of the molecule is O=C(c1csc(CN(Cc2ccc(OCc3ccccc3)cc2)Cc2cccc(C(F)(F)F)c2)n1)N1CCN(c2ccccc2F)CC1. The number of para-hydroxylation sites is 1. The molecule has 1 amide bonds. The molecule has 4 aromatic carbocycles. The molecule has 0 bridgehead atoms. The number of hydrogen-bond donors (Lipinski definition) is 0. The number of halogens is 4. The molecule has 0 spiro atoms. The normalized spacial score (nSPS) is 13.6. The number of benzene rings is 4. The molecule has 0 atom stereocenters. The predicted molar refractivity (Wildman–Crippen MR) is 178 cm³/mol. The van der Waals surface area contributed by atoms with Crippen molar-refractivity contribution in [2.24, 2.45) is 0 Å². The summed E-state index contributed by atoms with van der Waals surface area (Å²) in [5.74, 6) is 0.231. The number of thiazole rings is 1. The van der Waals surface area contributed by atoms with E-state index in [0.717, 1.165) is 17.2 Å². The average Bonchev–Trinajstić information content (AvgIpc) is 3.56. The third kappa shape index (κ3) is 8.59. The largest absolute Gasteiger partial charge is 0.489 e. The second-order valence-corrected chi connectivity index (χ2v) is 12.6. The Morgan fingerprint density at radius 1 is 0.792 bits per heavy atom. The molecule has 0 aliphatic carbocycles. The number of aromatic nitrogens is 1. The zero-order valence-corrected chi connectivity index (χ0v) is 26.9. The summed E-state index contributed by atoms with van der Waals surface area (Å²) >= 11 is 1.34. The molecule has 6 nitrogen and oxygen atoms in total. The minimum absolute atomic E-state index is 0.193. The van der Waals surface area contributed by atoms with Gasteiger partial charge >= 0.3 is 6.18 Å². The van der Waals surface area contributed by atoms with Gasteiger partial charge < -0.3 is 14.5 Å². The Bertz CT molecular complexity index is 1810. The molecule has 1 aliphatic heterocycles. The molecule has 248 valence electrons. The summed E-state index contributed by atoms with van der Waals surface area (Å²) in [6, 6.07) is 29.4. The Kier molecular flexibility index (Phi) is 10.4. The fraction of sp³-hybridized carbons (Fsp3) is 0.243. The van der Waals surface area contributed by atoms with Gasteiger partial charge in [0.25, 0.3) is 5.91 Å². The number of anilines is 1. The van der Waals surface area contributed by atoms with Crippen LogP contribution in [0.25, 0.3) is 0 Å². The quantitative estimate of drug-likeness (QED) is 0.133. The van der Waals surface area contributed by atoms with Gasteiger partial charge in [-0.25, -0.2) is 9.37 Å². The highest BCUT2D eigenvalue weighted by atomic mass is 32.1. The van der Waals surface area contributed by atoms with Gasteiger partial charge in [0.15, 0.2) is 0 Å². The summed E-state index contributed by atoms with van der Waals surface area (Å²) in [6.07, 6.45) is -4.44. The predicted octanol–water partition coefficient (Wildman–Crippen LogP) is 8.04. The second kappa shape index (κ2) is 15.0. The minimum atomic E-state index is -4.44. The van der Waals surface area contributed by atoms with Crippen molar-refractivity contribution in [2.45, 2.75) is 32.4 Å². The third-order valence-electron chi connectivity index (χ3n) is 8.13. The molecule has 1 aliphatic rings. The Morgan fingerprint density at radius 3 is 2.21 bits per heavy atom. The summed E-state index contributed by atoms with van der Waals surface area (Å²) in [5, 5.41) is 2.40. The highest BCUT2D eigenvalue weighted by molar-refractivity contribution is 7.09. The molecule has 1 fully saturated rings. The van der Waals surface area contributed by atoms with Gasteiger partial charge in [-0.1, -0.05) is 72.8 Å². The summed E-state index contributed by atoms with van der Waals surface area (Å²) in [4.78, 5) is 23.6. The highest BCUT2D eigenvalue weighted by Crippen LogP contribution is 2.30. The van der Waals surface area contributed by atoms with Crippen LogP contribution in [0.4, 0.5) is 23.2 Å². The van der Waals surface area contributed by atoms with Crippen LogP contribution in [0.2, 0.25) is 0 Å². The Labute approximate surface area is 280 Å². The van der Waals surface area contributed by atoms with Crippen molar-refractivity contribution in [1.29, 1.82) is 0 Å². The molecule has 0 saturated carbocycles. The minimum Gasteiger partial charge on any atom is -0.489 e. The smallest absolute Gasteiger partial charge is 0.416 e. The van der Waals surface area contributed by atoms with Crippen molar-refractivity contribution in [2.75, 3.05) is 31.1 Å². The summed E-state index contributed by atoms with van der Waals surface area (Å²) in [6.45, 7) is 3.34. The summed E-state index contributed by atoms with van der Waals surface area (Å²) in [5.41, 5.74) is 2.68.